The van der Waals surface area contributed by atoms with Crippen molar-refractivity contribution in [1.82, 2.24) is 14.7 Å². The van der Waals surface area contributed by atoms with Gasteiger partial charge in [-0.25, -0.2) is 0 Å². The lowest BCUT2D eigenvalue weighted by Gasteiger charge is -2.46. The summed E-state index contributed by atoms with van der Waals surface area (Å²) < 4.78 is 11.4. The lowest BCUT2D eigenvalue weighted by atomic mass is 10.1. The van der Waals surface area contributed by atoms with E-state index in [1.54, 1.807) is 0 Å². The van der Waals surface area contributed by atoms with Gasteiger partial charge in [0.1, 0.15) is 0 Å². The number of rotatable bonds is 6. The topological polar surface area (TPSA) is 28.2 Å². The summed E-state index contributed by atoms with van der Waals surface area (Å²) >= 11 is 6.46. The van der Waals surface area contributed by atoms with E-state index in [-0.39, 0.29) is 0 Å². The van der Waals surface area contributed by atoms with E-state index >= 15 is 0 Å². The van der Waals surface area contributed by atoms with Crippen LogP contribution < -0.4 is 9.47 Å². The molecule has 1 aromatic carbocycles. The Kier molecular flexibility index (Phi) is 6.44. The summed E-state index contributed by atoms with van der Waals surface area (Å²) in [4.78, 5) is 7.60. The first kappa shape index (κ1) is 18.8. The normalized spacial score (nSPS) is 22.6. The van der Waals surface area contributed by atoms with E-state index in [4.69, 9.17) is 21.1 Å². The van der Waals surface area contributed by atoms with Gasteiger partial charge in [-0.05, 0) is 38.6 Å². The summed E-state index contributed by atoms with van der Waals surface area (Å²) in [6.07, 6.45) is 0. The molecule has 2 heterocycles. The first-order chi connectivity index (χ1) is 12.1. The average molecular weight is 368 g/mol. The van der Waals surface area contributed by atoms with Crippen LogP contribution in [0.1, 0.15) is 19.4 Å². The van der Waals surface area contributed by atoms with Gasteiger partial charge < -0.3 is 14.4 Å². The van der Waals surface area contributed by atoms with Crippen LogP contribution in [0, 0.1) is 0 Å². The molecule has 3 rings (SSSR count). The maximum atomic E-state index is 6.46. The Labute approximate surface area is 156 Å². The summed E-state index contributed by atoms with van der Waals surface area (Å²) in [5.41, 5.74) is 1.19. The fourth-order valence-electron chi connectivity index (χ4n) is 3.84. The molecular weight excluding hydrogens is 338 g/mol. The van der Waals surface area contributed by atoms with Gasteiger partial charge in [-0.1, -0.05) is 11.6 Å². The van der Waals surface area contributed by atoms with E-state index in [0.29, 0.717) is 30.0 Å². The maximum absolute atomic E-state index is 6.46. The summed E-state index contributed by atoms with van der Waals surface area (Å²) in [6.45, 7) is 12.9. The second-order valence-electron chi connectivity index (χ2n) is 6.96. The minimum absolute atomic E-state index is 0.580. The van der Waals surface area contributed by atoms with Gasteiger partial charge in [0.05, 0.1) is 18.2 Å². The van der Waals surface area contributed by atoms with E-state index < -0.39 is 0 Å². The van der Waals surface area contributed by atoms with Gasteiger partial charge in [0, 0.05) is 51.9 Å². The third-order valence-corrected chi connectivity index (χ3v) is 5.32. The van der Waals surface area contributed by atoms with E-state index in [1.807, 2.05) is 19.9 Å². The molecule has 0 aliphatic carbocycles. The molecule has 0 spiro atoms. The second-order valence-corrected chi connectivity index (χ2v) is 7.37. The van der Waals surface area contributed by atoms with Crippen LogP contribution in [0.4, 0.5) is 0 Å². The van der Waals surface area contributed by atoms with E-state index in [2.05, 4.69) is 27.8 Å². The van der Waals surface area contributed by atoms with Crippen LogP contribution in [-0.4, -0.2) is 80.3 Å². The zero-order chi connectivity index (χ0) is 17.8. The fraction of sp³-hybridized carbons (Fsp3) is 0.684. The Balaban J connectivity index is 1.70. The molecule has 0 amide bonds. The lowest BCUT2D eigenvalue weighted by Crippen LogP contribution is -2.61. The molecule has 1 atom stereocenters. The fourth-order valence-corrected chi connectivity index (χ4v) is 4.12. The van der Waals surface area contributed by atoms with Gasteiger partial charge in [0.25, 0.3) is 0 Å². The van der Waals surface area contributed by atoms with Crippen molar-refractivity contribution < 1.29 is 9.47 Å². The summed E-state index contributed by atoms with van der Waals surface area (Å²) in [6, 6.07) is 4.74. The number of nitrogens with zero attached hydrogens (tertiary/aromatic N) is 3. The molecule has 140 valence electrons. The first-order valence-electron chi connectivity index (χ1n) is 9.33. The highest BCUT2D eigenvalue weighted by Crippen LogP contribution is 2.37. The summed E-state index contributed by atoms with van der Waals surface area (Å²) in [5.74, 6) is 1.41. The third-order valence-electron chi connectivity index (χ3n) is 5.04. The van der Waals surface area contributed by atoms with E-state index in [9.17, 15) is 0 Å². The van der Waals surface area contributed by atoms with Crippen LogP contribution >= 0.6 is 11.6 Å². The number of hydrogen-bond acceptors (Lipinski definition) is 5. The van der Waals surface area contributed by atoms with Crippen LogP contribution in [0.5, 0.6) is 11.5 Å². The Morgan fingerprint density at radius 2 is 1.80 bits per heavy atom. The number of likely N-dealkylation sites (N-methyl/N-ethyl adjacent to an activating group) is 1. The number of ether oxygens (including phenoxy) is 2. The van der Waals surface area contributed by atoms with Crippen LogP contribution in [-0.2, 0) is 6.54 Å². The van der Waals surface area contributed by atoms with Crippen LogP contribution in [0.15, 0.2) is 12.1 Å². The summed E-state index contributed by atoms with van der Waals surface area (Å²) in [7, 11) is 2.22. The molecule has 5 nitrogen and oxygen atoms in total. The quantitative estimate of drug-likeness (QED) is 0.770. The van der Waals surface area contributed by atoms with Crippen molar-refractivity contribution in [2.45, 2.75) is 26.4 Å². The largest absolute Gasteiger partial charge is 0.490 e. The molecule has 1 aromatic rings. The Bertz CT molecular complexity index is 584. The third kappa shape index (κ3) is 4.59. The highest BCUT2D eigenvalue weighted by molar-refractivity contribution is 6.32. The van der Waals surface area contributed by atoms with Crippen molar-refractivity contribution in [2.75, 3.05) is 59.5 Å². The van der Waals surface area contributed by atoms with Crippen LogP contribution in [0.3, 0.4) is 0 Å². The molecule has 2 fully saturated rings. The van der Waals surface area contributed by atoms with Gasteiger partial charge >= 0.3 is 0 Å². The molecule has 0 saturated carbocycles. The van der Waals surface area contributed by atoms with Crippen LogP contribution in [0.25, 0.3) is 0 Å². The molecule has 0 unspecified atom stereocenters. The van der Waals surface area contributed by atoms with Crippen molar-refractivity contribution in [2.24, 2.45) is 0 Å². The smallest absolute Gasteiger partial charge is 0.179 e. The predicted octanol–water partition coefficient (Wildman–Crippen LogP) is 2.57. The Hall–Kier alpha value is -1.01. The van der Waals surface area contributed by atoms with Gasteiger partial charge in [-0.15, -0.1) is 0 Å². The summed E-state index contributed by atoms with van der Waals surface area (Å²) in [5, 5.41) is 0.638. The number of halogens is 1. The minimum Gasteiger partial charge on any atom is -0.490 e. The molecule has 0 bridgehead atoms. The van der Waals surface area contributed by atoms with Crippen LogP contribution in [0.2, 0.25) is 5.02 Å². The Morgan fingerprint density at radius 1 is 1.04 bits per heavy atom. The van der Waals surface area contributed by atoms with Crippen molar-refractivity contribution >= 4 is 11.6 Å². The number of piperazine rings is 2. The SMILES string of the molecule is CCOc1cc(CN2CCN3CCN(C)C[C@@H]3C2)cc(Cl)c1OCC. The van der Waals surface area contributed by atoms with Gasteiger partial charge in [-0.2, -0.15) is 0 Å². The molecular formula is C19H30ClN3O2. The van der Waals surface area contributed by atoms with Gasteiger partial charge in [-0.3, -0.25) is 9.80 Å². The predicted molar refractivity (Wildman–Crippen MR) is 102 cm³/mol. The number of hydrogen-bond donors (Lipinski definition) is 0. The number of benzene rings is 1. The minimum atomic E-state index is 0.580. The van der Waals surface area contributed by atoms with Crippen molar-refractivity contribution in [3.05, 3.63) is 22.7 Å². The average Bonchev–Trinajstić information content (AvgIpc) is 2.58. The van der Waals surface area contributed by atoms with E-state index in [1.165, 1.54) is 18.7 Å². The molecule has 2 aliphatic rings. The highest BCUT2D eigenvalue weighted by Gasteiger charge is 2.30. The van der Waals surface area contributed by atoms with Gasteiger partial charge in [0.2, 0.25) is 0 Å². The van der Waals surface area contributed by atoms with Crippen molar-refractivity contribution in [1.29, 1.82) is 0 Å². The molecule has 0 aromatic heterocycles. The first-order valence-corrected chi connectivity index (χ1v) is 9.71. The molecule has 6 heteroatoms. The molecule has 0 radical (unpaired) electrons. The zero-order valence-corrected chi connectivity index (χ0v) is 16.4. The number of fused-ring (bicyclic) bond motifs is 1. The lowest BCUT2D eigenvalue weighted by molar-refractivity contribution is 0.0175. The molecule has 2 saturated heterocycles. The molecule has 0 N–H and O–H groups in total. The van der Waals surface area contributed by atoms with E-state index in [0.717, 1.165) is 38.5 Å². The Morgan fingerprint density at radius 3 is 2.56 bits per heavy atom. The second kappa shape index (κ2) is 8.58. The van der Waals surface area contributed by atoms with Crippen molar-refractivity contribution in [3.8, 4) is 11.5 Å². The van der Waals surface area contributed by atoms with Gasteiger partial charge in [0.15, 0.2) is 11.5 Å². The van der Waals surface area contributed by atoms with Crippen molar-refractivity contribution in [3.63, 3.8) is 0 Å². The standard InChI is InChI=1S/C19H30ClN3O2/c1-4-24-18-11-15(10-17(20)19(18)25-5-2)12-22-7-9-23-8-6-21(3)13-16(23)14-22/h10-11,16H,4-9,12-14H2,1-3H3/t16-/m1/s1. The monoisotopic (exact) mass is 367 g/mol. The maximum Gasteiger partial charge on any atom is 0.179 e. The molecule has 2 aliphatic heterocycles. The molecule has 25 heavy (non-hydrogen) atoms. The zero-order valence-electron chi connectivity index (χ0n) is 15.6. The highest BCUT2D eigenvalue weighted by atomic mass is 35.5.